The second-order valence-electron chi connectivity index (χ2n) is 12.0. The molecule has 3 amide bonds. The number of carbonyl (C=O) groups excluding carboxylic acids is 3. The molecule has 1 spiro atoms. The van der Waals surface area contributed by atoms with Crippen molar-refractivity contribution < 1.29 is 19.1 Å². The van der Waals surface area contributed by atoms with Gasteiger partial charge in [-0.3, -0.25) is 14.4 Å². The largest absolute Gasteiger partial charge is 0.359 e. The molecule has 0 unspecified atom stereocenters. The van der Waals surface area contributed by atoms with E-state index in [0.717, 1.165) is 32.1 Å². The van der Waals surface area contributed by atoms with E-state index in [-0.39, 0.29) is 23.8 Å². The first kappa shape index (κ1) is 26.0. The number of hydrogen-bond donors (Lipinski definition) is 2. The number of ether oxygens (including phenoxy) is 1. The van der Waals surface area contributed by atoms with Gasteiger partial charge < -0.3 is 20.3 Å². The van der Waals surface area contributed by atoms with E-state index >= 15 is 0 Å². The van der Waals surface area contributed by atoms with E-state index in [9.17, 15) is 14.4 Å². The van der Waals surface area contributed by atoms with Crippen LogP contribution in [0.2, 0.25) is 0 Å². The van der Waals surface area contributed by atoms with Crippen LogP contribution in [0.15, 0.2) is 36.4 Å². The monoisotopic (exact) mass is 507 g/mol. The number of likely N-dealkylation sites (tertiary alicyclic amines) is 1. The Morgan fingerprint density at radius 3 is 2.41 bits per heavy atom. The molecule has 3 fully saturated rings. The van der Waals surface area contributed by atoms with Crippen LogP contribution in [0.4, 0.5) is 5.69 Å². The maximum atomic E-state index is 13.9. The molecule has 200 valence electrons. The first-order valence-corrected chi connectivity index (χ1v) is 14.1. The molecule has 2 saturated heterocycles. The predicted molar refractivity (Wildman–Crippen MR) is 143 cm³/mol. The van der Waals surface area contributed by atoms with Crippen molar-refractivity contribution >= 4 is 23.4 Å². The Morgan fingerprint density at radius 1 is 1.05 bits per heavy atom. The van der Waals surface area contributed by atoms with Crippen molar-refractivity contribution in [2.45, 2.75) is 95.9 Å². The van der Waals surface area contributed by atoms with Crippen LogP contribution in [-0.2, 0) is 19.1 Å². The van der Waals surface area contributed by atoms with Crippen LogP contribution < -0.4 is 10.6 Å². The zero-order chi connectivity index (χ0) is 26.3. The summed E-state index contributed by atoms with van der Waals surface area (Å²) in [4.78, 5) is 43.0. The highest BCUT2D eigenvalue weighted by atomic mass is 16.5. The maximum absolute atomic E-state index is 13.9. The molecule has 2 bridgehead atoms. The minimum absolute atomic E-state index is 0.134. The molecule has 3 heterocycles. The first-order valence-electron chi connectivity index (χ1n) is 14.1. The van der Waals surface area contributed by atoms with Gasteiger partial charge in [0.25, 0.3) is 0 Å². The van der Waals surface area contributed by atoms with Crippen molar-refractivity contribution in [1.29, 1.82) is 0 Å². The van der Waals surface area contributed by atoms with Gasteiger partial charge in [0.15, 0.2) is 0 Å². The third-order valence-corrected chi connectivity index (χ3v) is 8.67. The van der Waals surface area contributed by atoms with Crippen LogP contribution in [0.3, 0.4) is 0 Å². The summed E-state index contributed by atoms with van der Waals surface area (Å²) in [5, 5.41) is 6.26. The second kappa shape index (κ2) is 10.2. The molecule has 37 heavy (non-hydrogen) atoms. The highest BCUT2D eigenvalue weighted by molar-refractivity contribution is 6.02. The van der Waals surface area contributed by atoms with Gasteiger partial charge in [-0.2, -0.15) is 0 Å². The van der Waals surface area contributed by atoms with Gasteiger partial charge in [0.1, 0.15) is 11.6 Å². The normalized spacial score (nSPS) is 30.9. The number of amides is 3. The average Bonchev–Trinajstić information content (AvgIpc) is 3.51. The van der Waals surface area contributed by atoms with E-state index in [1.165, 1.54) is 12.0 Å². The summed E-state index contributed by atoms with van der Waals surface area (Å²) in [5.74, 6) is -1.12. The molecule has 3 aliphatic heterocycles. The molecule has 1 saturated carbocycles. The molecule has 7 nitrogen and oxygen atoms in total. The standard InChI is InChI=1S/C30H41N3O4/c1-18(2)15-17-33-26(28(35)32-21-8-6-5-7-9-21)30-16-14-23(37-30)24(25(30)29(33)36)27(34)31-22-12-10-20(11-13-22)19(3)4/h10-14,16,18-19,21,23-26H,5-9,15,17H2,1-4H3,(H,31,34)(H,32,35)/t23-,24-,25-,26+,30+/m1/s1. The van der Waals surface area contributed by atoms with E-state index in [1.54, 1.807) is 4.90 Å². The zero-order valence-electron chi connectivity index (χ0n) is 22.5. The lowest BCUT2D eigenvalue weighted by molar-refractivity contribution is -0.141. The maximum Gasteiger partial charge on any atom is 0.246 e. The van der Waals surface area contributed by atoms with Crippen molar-refractivity contribution in [1.82, 2.24) is 10.2 Å². The van der Waals surface area contributed by atoms with Crippen LogP contribution in [-0.4, -0.2) is 53.0 Å². The van der Waals surface area contributed by atoms with Crippen LogP contribution >= 0.6 is 0 Å². The highest BCUT2D eigenvalue weighted by Crippen LogP contribution is 2.55. The summed E-state index contributed by atoms with van der Waals surface area (Å²) in [6.07, 6.45) is 9.39. The fraction of sp³-hybridized carbons (Fsp3) is 0.633. The van der Waals surface area contributed by atoms with Crippen molar-refractivity contribution in [3.8, 4) is 0 Å². The molecule has 0 radical (unpaired) electrons. The van der Waals surface area contributed by atoms with Crippen LogP contribution in [0.5, 0.6) is 0 Å². The van der Waals surface area contributed by atoms with E-state index < -0.39 is 29.6 Å². The second-order valence-corrected chi connectivity index (χ2v) is 12.0. The van der Waals surface area contributed by atoms with Crippen molar-refractivity contribution in [2.75, 3.05) is 11.9 Å². The Bertz CT molecular complexity index is 1060. The molecule has 5 atom stereocenters. The molecule has 0 aromatic heterocycles. The number of carbonyl (C=O) groups is 3. The van der Waals surface area contributed by atoms with Crippen molar-refractivity contribution in [3.63, 3.8) is 0 Å². The van der Waals surface area contributed by atoms with E-state index in [4.69, 9.17) is 4.74 Å². The summed E-state index contributed by atoms with van der Waals surface area (Å²) >= 11 is 0. The fourth-order valence-corrected chi connectivity index (χ4v) is 6.61. The van der Waals surface area contributed by atoms with Gasteiger partial charge >= 0.3 is 0 Å². The van der Waals surface area contributed by atoms with E-state index in [0.29, 0.717) is 24.1 Å². The Balaban J connectivity index is 1.40. The number of hydrogen-bond acceptors (Lipinski definition) is 4. The summed E-state index contributed by atoms with van der Waals surface area (Å²) in [6, 6.07) is 7.21. The van der Waals surface area contributed by atoms with Gasteiger partial charge in [-0.1, -0.05) is 71.2 Å². The minimum Gasteiger partial charge on any atom is -0.359 e. The van der Waals surface area contributed by atoms with Crippen LogP contribution in [0.1, 0.15) is 77.7 Å². The number of benzene rings is 1. The molecular weight excluding hydrogens is 466 g/mol. The lowest BCUT2D eigenvalue weighted by Gasteiger charge is -2.34. The summed E-state index contributed by atoms with van der Waals surface area (Å²) in [7, 11) is 0. The quantitative estimate of drug-likeness (QED) is 0.511. The molecule has 1 aromatic rings. The molecule has 1 aromatic carbocycles. The van der Waals surface area contributed by atoms with Gasteiger partial charge in [0, 0.05) is 18.3 Å². The third kappa shape index (κ3) is 4.71. The number of anilines is 1. The Morgan fingerprint density at radius 2 is 1.76 bits per heavy atom. The van der Waals surface area contributed by atoms with Gasteiger partial charge in [-0.05, 0) is 48.8 Å². The molecule has 7 heteroatoms. The van der Waals surface area contributed by atoms with Gasteiger partial charge in [0.2, 0.25) is 17.7 Å². The lowest BCUT2D eigenvalue weighted by atomic mass is 9.74. The van der Waals surface area contributed by atoms with Crippen molar-refractivity contribution in [3.05, 3.63) is 42.0 Å². The van der Waals surface area contributed by atoms with E-state index in [1.807, 2.05) is 36.4 Å². The van der Waals surface area contributed by atoms with Crippen LogP contribution in [0, 0.1) is 17.8 Å². The Hall–Kier alpha value is -2.67. The number of nitrogens with zero attached hydrogens (tertiary/aromatic N) is 1. The average molecular weight is 508 g/mol. The molecular formula is C30H41N3O4. The summed E-state index contributed by atoms with van der Waals surface area (Å²) < 4.78 is 6.44. The molecule has 2 N–H and O–H groups in total. The number of fused-ring (bicyclic) bond motifs is 1. The summed E-state index contributed by atoms with van der Waals surface area (Å²) in [5.41, 5.74) is 0.798. The summed E-state index contributed by atoms with van der Waals surface area (Å²) in [6.45, 7) is 8.95. The fourth-order valence-electron chi connectivity index (χ4n) is 6.61. The number of rotatable bonds is 8. The topological polar surface area (TPSA) is 87.7 Å². The zero-order valence-corrected chi connectivity index (χ0v) is 22.5. The lowest BCUT2D eigenvalue weighted by Crippen LogP contribution is -2.56. The minimum atomic E-state index is -1.10. The highest BCUT2D eigenvalue weighted by Gasteiger charge is 2.72. The third-order valence-electron chi connectivity index (χ3n) is 8.67. The van der Waals surface area contributed by atoms with Crippen molar-refractivity contribution in [2.24, 2.45) is 17.8 Å². The number of nitrogens with one attached hydrogen (secondary N) is 2. The van der Waals surface area contributed by atoms with Gasteiger partial charge in [-0.25, -0.2) is 0 Å². The smallest absolute Gasteiger partial charge is 0.246 e. The molecule has 1 aliphatic carbocycles. The van der Waals surface area contributed by atoms with Gasteiger partial charge in [-0.15, -0.1) is 0 Å². The predicted octanol–water partition coefficient (Wildman–Crippen LogP) is 4.39. The Kier molecular flexibility index (Phi) is 7.18. The Labute approximate surface area is 220 Å². The molecule has 4 aliphatic rings. The van der Waals surface area contributed by atoms with E-state index in [2.05, 4.69) is 38.3 Å². The van der Waals surface area contributed by atoms with Gasteiger partial charge in [0.05, 0.1) is 17.9 Å². The SMILES string of the molecule is CC(C)CCN1C(=O)[C@H]2[C@H](C(=O)Nc3ccc(C(C)C)cc3)[C@H]3C=C[C@@]2(O3)[C@@H]1C(=O)NC1CCCCC1. The first-order chi connectivity index (χ1) is 17.7. The molecule has 5 rings (SSSR count). The van der Waals surface area contributed by atoms with Crippen LogP contribution in [0.25, 0.3) is 0 Å².